The summed E-state index contributed by atoms with van der Waals surface area (Å²) in [6.45, 7) is 1.74. The molecule has 1 aromatic heterocycles. The Morgan fingerprint density at radius 1 is 1.08 bits per heavy atom. The predicted octanol–water partition coefficient (Wildman–Crippen LogP) is 4.77. The van der Waals surface area contributed by atoms with E-state index in [1.54, 1.807) is 43.3 Å². The highest BCUT2D eigenvalue weighted by molar-refractivity contribution is 7.92. The molecule has 8 heteroatoms. The van der Waals surface area contributed by atoms with Crippen molar-refractivity contribution >= 4 is 59.7 Å². The quantitative estimate of drug-likeness (QED) is 0.532. The van der Waals surface area contributed by atoms with Crippen LogP contribution in [0.25, 0.3) is 21.1 Å². The number of rotatable bonds is 3. The molecule has 0 saturated carbocycles. The molecule has 3 aromatic carbocycles. The molecule has 0 saturated heterocycles. The Balaban J connectivity index is 1.90. The third-order valence-electron chi connectivity index (χ3n) is 4.02. The van der Waals surface area contributed by atoms with Crippen molar-refractivity contribution in [2.24, 2.45) is 0 Å². The zero-order valence-corrected chi connectivity index (χ0v) is 15.8. The SMILES string of the molecule is Cc1cc(S(=O)(=O)Nc2cc3sc(=O)oc3c3ccccc23)ccc1Cl. The van der Waals surface area contributed by atoms with Gasteiger partial charge in [-0.15, -0.1) is 0 Å². The predicted molar refractivity (Wildman–Crippen MR) is 105 cm³/mol. The smallest absolute Gasteiger partial charge is 0.396 e. The molecule has 5 nitrogen and oxygen atoms in total. The standard InChI is InChI=1S/C18H12ClNO4S2/c1-10-8-11(6-7-14(10)19)26(22,23)20-15-9-16-17(24-18(21)25-16)13-5-3-2-4-12(13)15/h2-9,20H,1H3. The Labute approximate surface area is 157 Å². The average molecular weight is 406 g/mol. The first-order chi connectivity index (χ1) is 12.3. The Bertz CT molecular complexity index is 1320. The summed E-state index contributed by atoms with van der Waals surface area (Å²) in [7, 11) is -3.82. The summed E-state index contributed by atoms with van der Waals surface area (Å²) >= 11 is 6.92. The molecule has 0 aliphatic heterocycles. The van der Waals surface area contributed by atoms with Crippen LogP contribution in [0.4, 0.5) is 5.69 Å². The highest BCUT2D eigenvalue weighted by Crippen LogP contribution is 2.34. The van der Waals surface area contributed by atoms with E-state index in [-0.39, 0.29) is 4.90 Å². The topological polar surface area (TPSA) is 76.4 Å². The van der Waals surface area contributed by atoms with Gasteiger partial charge in [-0.3, -0.25) is 4.72 Å². The van der Waals surface area contributed by atoms with Crippen LogP contribution in [0.3, 0.4) is 0 Å². The molecule has 0 fully saturated rings. The average Bonchev–Trinajstić information content (AvgIpc) is 2.97. The molecule has 1 N–H and O–H groups in total. The van der Waals surface area contributed by atoms with Crippen LogP contribution in [-0.2, 0) is 10.0 Å². The lowest BCUT2D eigenvalue weighted by Crippen LogP contribution is -2.13. The van der Waals surface area contributed by atoms with Gasteiger partial charge in [-0.1, -0.05) is 47.2 Å². The van der Waals surface area contributed by atoms with E-state index in [1.807, 2.05) is 0 Å². The molecule has 0 atom stereocenters. The summed E-state index contributed by atoms with van der Waals surface area (Å²) < 4.78 is 34.1. The summed E-state index contributed by atoms with van der Waals surface area (Å²) in [6.07, 6.45) is 0. The summed E-state index contributed by atoms with van der Waals surface area (Å²) in [5.41, 5.74) is 1.52. The van der Waals surface area contributed by atoms with Crippen molar-refractivity contribution in [3.8, 4) is 0 Å². The Kier molecular flexibility index (Phi) is 4.02. The maximum atomic E-state index is 12.8. The zero-order chi connectivity index (χ0) is 18.5. The maximum absolute atomic E-state index is 12.8. The Morgan fingerprint density at radius 3 is 2.54 bits per heavy atom. The molecular weight excluding hydrogens is 394 g/mol. The van der Waals surface area contributed by atoms with Crippen molar-refractivity contribution in [1.29, 1.82) is 0 Å². The van der Waals surface area contributed by atoms with Gasteiger partial charge in [-0.2, -0.15) is 0 Å². The largest absolute Gasteiger partial charge is 0.413 e. The van der Waals surface area contributed by atoms with Gasteiger partial charge in [-0.25, -0.2) is 13.2 Å². The first kappa shape index (κ1) is 17.1. The number of aryl methyl sites for hydroxylation is 1. The van der Waals surface area contributed by atoms with E-state index >= 15 is 0 Å². The van der Waals surface area contributed by atoms with E-state index < -0.39 is 15.0 Å². The Morgan fingerprint density at radius 2 is 1.81 bits per heavy atom. The van der Waals surface area contributed by atoms with Gasteiger partial charge in [0.2, 0.25) is 0 Å². The van der Waals surface area contributed by atoms with Gasteiger partial charge >= 0.3 is 4.94 Å². The minimum Gasteiger partial charge on any atom is -0.413 e. The lowest BCUT2D eigenvalue weighted by molar-refractivity contribution is 0.588. The fraction of sp³-hybridized carbons (Fsp3) is 0.0556. The van der Waals surface area contributed by atoms with Crippen molar-refractivity contribution in [2.45, 2.75) is 11.8 Å². The van der Waals surface area contributed by atoms with Gasteiger partial charge in [0.25, 0.3) is 10.0 Å². The third kappa shape index (κ3) is 2.88. The van der Waals surface area contributed by atoms with Gasteiger partial charge in [0.1, 0.15) is 0 Å². The van der Waals surface area contributed by atoms with E-state index in [0.29, 0.717) is 37.3 Å². The molecule has 0 bridgehead atoms. The van der Waals surface area contributed by atoms with Crippen molar-refractivity contribution < 1.29 is 12.8 Å². The summed E-state index contributed by atoms with van der Waals surface area (Å²) in [4.78, 5) is 11.3. The van der Waals surface area contributed by atoms with Gasteiger partial charge in [0, 0.05) is 15.8 Å². The van der Waals surface area contributed by atoms with Crippen LogP contribution < -0.4 is 9.66 Å². The second kappa shape index (κ2) is 6.12. The van der Waals surface area contributed by atoms with Crippen molar-refractivity contribution in [1.82, 2.24) is 0 Å². The summed E-state index contributed by atoms with van der Waals surface area (Å²) in [6, 6.07) is 13.3. The van der Waals surface area contributed by atoms with E-state index in [1.165, 1.54) is 12.1 Å². The number of hydrogen-bond acceptors (Lipinski definition) is 5. The fourth-order valence-electron chi connectivity index (χ4n) is 2.77. The van der Waals surface area contributed by atoms with Crippen LogP contribution in [0.5, 0.6) is 0 Å². The van der Waals surface area contributed by atoms with Crippen LogP contribution in [0.15, 0.2) is 62.6 Å². The third-order valence-corrected chi connectivity index (χ3v) is 6.58. The molecular formula is C18H12ClNO4S2. The van der Waals surface area contributed by atoms with Crippen molar-refractivity contribution in [3.63, 3.8) is 0 Å². The number of halogens is 1. The van der Waals surface area contributed by atoms with E-state index in [4.69, 9.17) is 16.0 Å². The first-order valence-electron chi connectivity index (χ1n) is 7.59. The highest BCUT2D eigenvalue weighted by atomic mass is 35.5. The zero-order valence-electron chi connectivity index (χ0n) is 13.4. The molecule has 26 heavy (non-hydrogen) atoms. The number of nitrogens with one attached hydrogen (secondary N) is 1. The van der Waals surface area contributed by atoms with Crippen LogP contribution >= 0.6 is 22.9 Å². The molecule has 4 rings (SSSR count). The van der Waals surface area contributed by atoms with Crippen LogP contribution in [0.2, 0.25) is 5.02 Å². The van der Waals surface area contributed by atoms with Crippen molar-refractivity contribution in [3.05, 3.63) is 68.9 Å². The van der Waals surface area contributed by atoms with Crippen LogP contribution in [-0.4, -0.2) is 8.42 Å². The lowest BCUT2D eigenvalue weighted by Gasteiger charge is -2.12. The summed E-state index contributed by atoms with van der Waals surface area (Å²) in [5, 5.41) is 1.82. The molecule has 4 aromatic rings. The van der Waals surface area contributed by atoms with Crippen LogP contribution in [0.1, 0.15) is 5.56 Å². The number of benzene rings is 3. The highest BCUT2D eigenvalue weighted by Gasteiger charge is 2.19. The van der Waals surface area contributed by atoms with Gasteiger partial charge in [0.15, 0.2) is 5.58 Å². The Hall–Kier alpha value is -2.35. The molecule has 0 aliphatic carbocycles. The molecule has 0 spiro atoms. The van der Waals surface area contributed by atoms with Crippen LogP contribution in [0, 0.1) is 6.92 Å². The minimum atomic E-state index is -3.82. The molecule has 0 radical (unpaired) electrons. The molecule has 132 valence electrons. The van der Waals surface area contributed by atoms with E-state index in [2.05, 4.69) is 4.72 Å². The first-order valence-corrected chi connectivity index (χ1v) is 10.3. The normalized spacial score (nSPS) is 11.9. The molecule has 0 aliphatic rings. The molecule has 0 amide bonds. The van der Waals surface area contributed by atoms with Crippen molar-refractivity contribution in [2.75, 3.05) is 4.72 Å². The number of sulfonamides is 1. The fourth-order valence-corrected chi connectivity index (χ4v) is 4.77. The second-order valence-corrected chi connectivity index (χ2v) is 8.83. The van der Waals surface area contributed by atoms with Gasteiger partial charge in [-0.05, 0) is 36.8 Å². The number of hydrogen-bond donors (Lipinski definition) is 1. The van der Waals surface area contributed by atoms with Gasteiger partial charge < -0.3 is 4.42 Å². The summed E-state index contributed by atoms with van der Waals surface area (Å²) in [5.74, 6) is 0. The number of fused-ring (bicyclic) bond motifs is 3. The minimum absolute atomic E-state index is 0.115. The lowest BCUT2D eigenvalue weighted by atomic mass is 10.1. The van der Waals surface area contributed by atoms with E-state index in [0.717, 1.165) is 11.3 Å². The molecule has 1 heterocycles. The maximum Gasteiger partial charge on any atom is 0.396 e. The van der Waals surface area contributed by atoms with Gasteiger partial charge in [0.05, 0.1) is 15.3 Å². The number of anilines is 1. The molecule has 0 unspecified atom stereocenters. The monoisotopic (exact) mass is 405 g/mol. The second-order valence-electron chi connectivity index (χ2n) is 5.77. The van der Waals surface area contributed by atoms with E-state index in [9.17, 15) is 13.2 Å².